The van der Waals surface area contributed by atoms with Crippen LogP contribution in [0.1, 0.15) is 34.6 Å². The predicted molar refractivity (Wildman–Crippen MR) is 63.1 cm³/mol. The van der Waals surface area contributed by atoms with E-state index in [1.807, 2.05) is 0 Å². The number of hydrogen-bond acceptors (Lipinski definition) is 5. The van der Waals surface area contributed by atoms with E-state index in [2.05, 4.69) is 9.47 Å². The van der Waals surface area contributed by atoms with E-state index in [1.54, 1.807) is 0 Å². The topological polar surface area (TPSA) is 89.9 Å². The molecular weight excluding hydrogens is 278 g/mol. The summed E-state index contributed by atoms with van der Waals surface area (Å²) in [6, 6.07) is 0. The molecule has 0 heterocycles. The van der Waals surface area contributed by atoms with Crippen molar-refractivity contribution in [1.82, 2.24) is 0 Å². The summed E-state index contributed by atoms with van der Waals surface area (Å²) in [6.45, 7) is 5.93. The molecule has 1 unspecified atom stereocenters. The molecular formula is C12H18F2O6. The molecule has 0 saturated heterocycles. The number of carboxylic acids is 1. The standard InChI is InChI=1S/C12H18F2O6/c1-6(2)8(12(13,14)9(16)17)19-10(18)11(4,5)20-7(3)15/h6,8H,1-5H3,(H,16,17). The second kappa shape index (κ2) is 6.15. The van der Waals surface area contributed by atoms with Crippen molar-refractivity contribution < 1.29 is 37.7 Å². The van der Waals surface area contributed by atoms with Crippen molar-refractivity contribution in [1.29, 1.82) is 0 Å². The van der Waals surface area contributed by atoms with E-state index in [0.29, 0.717) is 0 Å². The molecule has 1 atom stereocenters. The SMILES string of the molecule is CC(=O)OC(C)(C)C(=O)OC(C(C)C)C(F)(F)C(=O)O. The maximum absolute atomic E-state index is 13.5. The van der Waals surface area contributed by atoms with E-state index in [9.17, 15) is 23.2 Å². The van der Waals surface area contributed by atoms with Crippen LogP contribution in [0.2, 0.25) is 0 Å². The van der Waals surface area contributed by atoms with Gasteiger partial charge in [0, 0.05) is 6.92 Å². The lowest BCUT2D eigenvalue weighted by Crippen LogP contribution is -2.50. The highest BCUT2D eigenvalue weighted by Crippen LogP contribution is 2.29. The third kappa shape index (κ3) is 4.43. The molecule has 0 aliphatic carbocycles. The average Bonchev–Trinajstić information content (AvgIpc) is 2.22. The monoisotopic (exact) mass is 296 g/mol. The Morgan fingerprint density at radius 3 is 1.90 bits per heavy atom. The van der Waals surface area contributed by atoms with Crippen molar-refractivity contribution in [2.24, 2.45) is 5.92 Å². The average molecular weight is 296 g/mol. The fourth-order valence-electron chi connectivity index (χ4n) is 1.41. The highest BCUT2D eigenvalue weighted by molar-refractivity contribution is 5.83. The maximum Gasteiger partial charge on any atom is 0.378 e. The Kier molecular flexibility index (Phi) is 5.62. The van der Waals surface area contributed by atoms with Gasteiger partial charge in [-0.15, -0.1) is 0 Å². The van der Waals surface area contributed by atoms with E-state index < -0.39 is 41.5 Å². The van der Waals surface area contributed by atoms with Crippen LogP contribution >= 0.6 is 0 Å². The zero-order valence-corrected chi connectivity index (χ0v) is 11.9. The fourth-order valence-corrected chi connectivity index (χ4v) is 1.41. The molecule has 0 saturated carbocycles. The molecule has 6 nitrogen and oxygen atoms in total. The molecule has 0 fully saturated rings. The molecule has 0 bridgehead atoms. The number of rotatable bonds is 6. The normalized spacial score (nSPS) is 13.8. The summed E-state index contributed by atoms with van der Waals surface area (Å²) >= 11 is 0. The first kappa shape index (κ1) is 18.3. The predicted octanol–water partition coefficient (Wildman–Crippen LogP) is 1.62. The molecule has 0 aromatic carbocycles. The van der Waals surface area contributed by atoms with Crippen molar-refractivity contribution in [3.05, 3.63) is 0 Å². The zero-order valence-electron chi connectivity index (χ0n) is 11.9. The summed E-state index contributed by atoms with van der Waals surface area (Å²) in [5.41, 5.74) is -1.78. The highest BCUT2D eigenvalue weighted by Gasteiger charge is 2.53. The van der Waals surface area contributed by atoms with Crippen LogP contribution in [0, 0.1) is 5.92 Å². The minimum Gasteiger partial charge on any atom is -0.477 e. The molecule has 0 aromatic heterocycles. The quantitative estimate of drug-likeness (QED) is 0.749. The van der Waals surface area contributed by atoms with Crippen LogP contribution in [0.5, 0.6) is 0 Å². The number of hydrogen-bond donors (Lipinski definition) is 1. The van der Waals surface area contributed by atoms with Gasteiger partial charge in [-0.05, 0) is 19.8 Å². The van der Waals surface area contributed by atoms with E-state index in [0.717, 1.165) is 20.8 Å². The summed E-state index contributed by atoms with van der Waals surface area (Å²) in [4.78, 5) is 33.1. The molecule has 0 rings (SSSR count). The fraction of sp³-hybridized carbons (Fsp3) is 0.750. The van der Waals surface area contributed by atoms with Crippen molar-refractivity contribution in [3.63, 3.8) is 0 Å². The van der Waals surface area contributed by atoms with Crippen molar-refractivity contribution >= 4 is 17.9 Å². The maximum atomic E-state index is 13.5. The molecule has 1 N–H and O–H groups in total. The highest BCUT2D eigenvalue weighted by atomic mass is 19.3. The molecule has 0 aromatic rings. The molecule has 0 aliphatic rings. The van der Waals surface area contributed by atoms with Gasteiger partial charge in [0.05, 0.1) is 0 Å². The third-order valence-corrected chi connectivity index (χ3v) is 2.37. The number of halogens is 2. The minimum atomic E-state index is -4.24. The Morgan fingerprint density at radius 2 is 1.60 bits per heavy atom. The summed E-state index contributed by atoms with van der Waals surface area (Å²) < 4.78 is 36.2. The first-order valence-electron chi connectivity index (χ1n) is 5.84. The van der Waals surface area contributed by atoms with Crippen LogP contribution in [0.3, 0.4) is 0 Å². The lowest BCUT2D eigenvalue weighted by Gasteiger charge is -2.30. The largest absolute Gasteiger partial charge is 0.477 e. The van der Waals surface area contributed by atoms with Gasteiger partial charge in [-0.1, -0.05) is 13.8 Å². The van der Waals surface area contributed by atoms with Gasteiger partial charge in [0.2, 0.25) is 5.60 Å². The van der Waals surface area contributed by atoms with Crippen LogP contribution in [0.25, 0.3) is 0 Å². The number of ether oxygens (including phenoxy) is 2. The molecule has 20 heavy (non-hydrogen) atoms. The van der Waals surface area contributed by atoms with Crippen LogP contribution in [0.15, 0.2) is 0 Å². The van der Waals surface area contributed by atoms with Gasteiger partial charge in [0.15, 0.2) is 6.10 Å². The Bertz CT molecular complexity index is 403. The molecule has 116 valence electrons. The molecule has 0 radical (unpaired) electrons. The first-order valence-corrected chi connectivity index (χ1v) is 5.84. The van der Waals surface area contributed by atoms with Crippen molar-refractivity contribution in [2.45, 2.75) is 52.2 Å². The number of aliphatic carboxylic acids is 1. The Hall–Kier alpha value is -1.73. The molecule has 8 heteroatoms. The van der Waals surface area contributed by atoms with Gasteiger partial charge >= 0.3 is 23.8 Å². The second-order valence-electron chi connectivity index (χ2n) is 5.10. The van der Waals surface area contributed by atoms with Gasteiger partial charge in [-0.2, -0.15) is 8.78 Å². The van der Waals surface area contributed by atoms with Crippen LogP contribution in [-0.4, -0.2) is 40.6 Å². The summed E-state index contributed by atoms with van der Waals surface area (Å²) in [6.07, 6.45) is -2.16. The van der Waals surface area contributed by atoms with Gasteiger partial charge in [0.1, 0.15) is 0 Å². The zero-order chi connectivity index (χ0) is 16.3. The molecule has 0 aliphatic heterocycles. The lowest BCUT2D eigenvalue weighted by molar-refractivity contribution is -0.210. The van der Waals surface area contributed by atoms with Gasteiger partial charge in [0.25, 0.3) is 0 Å². The van der Waals surface area contributed by atoms with E-state index in [1.165, 1.54) is 13.8 Å². The number of carbonyl (C=O) groups excluding carboxylic acids is 2. The number of alkyl halides is 2. The number of carbonyl (C=O) groups is 3. The van der Waals surface area contributed by atoms with Gasteiger partial charge in [-0.25, -0.2) is 9.59 Å². The Labute approximate surface area is 115 Å². The van der Waals surface area contributed by atoms with Gasteiger partial charge in [-0.3, -0.25) is 4.79 Å². The summed E-state index contributed by atoms with van der Waals surface area (Å²) in [5, 5.41) is 8.50. The number of esters is 2. The van der Waals surface area contributed by atoms with Crippen molar-refractivity contribution in [2.75, 3.05) is 0 Å². The van der Waals surface area contributed by atoms with Crippen LogP contribution in [-0.2, 0) is 23.9 Å². The lowest BCUT2D eigenvalue weighted by atomic mass is 10.00. The van der Waals surface area contributed by atoms with E-state index in [-0.39, 0.29) is 0 Å². The van der Waals surface area contributed by atoms with E-state index in [4.69, 9.17) is 5.11 Å². The molecule has 0 spiro atoms. The number of carboxylic acid groups (broad SMARTS) is 1. The summed E-state index contributed by atoms with van der Waals surface area (Å²) in [5.74, 6) is -9.62. The Balaban J connectivity index is 5.17. The minimum absolute atomic E-state index is 0.793. The third-order valence-electron chi connectivity index (χ3n) is 2.37. The molecule has 0 amide bonds. The van der Waals surface area contributed by atoms with Gasteiger partial charge < -0.3 is 14.6 Å². The smallest absolute Gasteiger partial charge is 0.378 e. The van der Waals surface area contributed by atoms with Crippen LogP contribution < -0.4 is 0 Å². The van der Waals surface area contributed by atoms with Crippen LogP contribution in [0.4, 0.5) is 8.78 Å². The van der Waals surface area contributed by atoms with E-state index >= 15 is 0 Å². The Morgan fingerprint density at radius 1 is 1.15 bits per heavy atom. The second-order valence-corrected chi connectivity index (χ2v) is 5.10. The summed E-state index contributed by atoms with van der Waals surface area (Å²) in [7, 11) is 0. The van der Waals surface area contributed by atoms with Crippen molar-refractivity contribution in [3.8, 4) is 0 Å². The first-order chi connectivity index (χ1) is 8.82.